The first-order valence-electron chi connectivity index (χ1n) is 6.09. The Bertz CT molecular complexity index is 259. The molecule has 1 rings (SSSR count). The van der Waals surface area contributed by atoms with Crippen molar-refractivity contribution < 1.29 is 9.53 Å². The van der Waals surface area contributed by atoms with E-state index in [1.54, 1.807) is 11.8 Å². The second-order valence-electron chi connectivity index (χ2n) is 5.74. The zero-order valence-corrected chi connectivity index (χ0v) is 11.9. The standard InChI is InChI=1S/C13H24O2S/c1-6-7-16-9-11(14)10-8-12(2,3)15-13(10,4)5/h10H,6-9H2,1-5H3. The lowest BCUT2D eigenvalue weighted by Crippen LogP contribution is -2.34. The van der Waals surface area contributed by atoms with Gasteiger partial charge in [0.1, 0.15) is 5.78 Å². The summed E-state index contributed by atoms with van der Waals surface area (Å²) in [5, 5.41) is 0. The van der Waals surface area contributed by atoms with Crippen molar-refractivity contribution in [3.8, 4) is 0 Å². The molecular weight excluding hydrogens is 220 g/mol. The Kier molecular flexibility index (Phi) is 4.47. The van der Waals surface area contributed by atoms with Crippen LogP contribution in [0.15, 0.2) is 0 Å². The predicted molar refractivity (Wildman–Crippen MR) is 70.0 cm³/mol. The summed E-state index contributed by atoms with van der Waals surface area (Å²) in [4.78, 5) is 12.1. The maximum atomic E-state index is 12.1. The highest BCUT2D eigenvalue weighted by atomic mass is 32.2. The maximum absolute atomic E-state index is 12.1. The summed E-state index contributed by atoms with van der Waals surface area (Å²) in [6, 6.07) is 0. The van der Waals surface area contributed by atoms with Gasteiger partial charge in [-0.1, -0.05) is 6.92 Å². The van der Waals surface area contributed by atoms with Crippen LogP contribution in [0.3, 0.4) is 0 Å². The smallest absolute Gasteiger partial charge is 0.148 e. The van der Waals surface area contributed by atoms with Crippen molar-refractivity contribution in [2.24, 2.45) is 5.92 Å². The van der Waals surface area contributed by atoms with E-state index in [0.717, 1.165) is 18.6 Å². The van der Waals surface area contributed by atoms with Gasteiger partial charge in [0.15, 0.2) is 0 Å². The highest BCUT2D eigenvalue weighted by molar-refractivity contribution is 7.99. The Labute approximate surface area is 104 Å². The van der Waals surface area contributed by atoms with Crippen molar-refractivity contribution in [3.05, 3.63) is 0 Å². The van der Waals surface area contributed by atoms with E-state index in [1.165, 1.54) is 0 Å². The molecule has 1 heterocycles. The SMILES string of the molecule is CCCSCC(=O)C1CC(C)(C)OC1(C)C. The van der Waals surface area contributed by atoms with Gasteiger partial charge in [0, 0.05) is 5.92 Å². The van der Waals surface area contributed by atoms with Gasteiger partial charge in [0.05, 0.1) is 17.0 Å². The largest absolute Gasteiger partial charge is 0.369 e. The quantitative estimate of drug-likeness (QED) is 0.694. The third-order valence-electron chi connectivity index (χ3n) is 3.06. The lowest BCUT2D eigenvalue weighted by molar-refractivity contribution is -0.126. The van der Waals surface area contributed by atoms with Crippen LogP contribution in [-0.4, -0.2) is 28.5 Å². The van der Waals surface area contributed by atoms with Gasteiger partial charge in [-0.2, -0.15) is 11.8 Å². The number of ketones is 1. The third-order valence-corrected chi connectivity index (χ3v) is 4.24. The summed E-state index contributed by atoms with van der Waals surface area (Å²) in [5.74, 6) is 2.13. The molecule has 0 amide bonds. The maximum Gasteiger partial charge on any atom is 0.148 e. The Morgan fingerprint density at radius 3 is 2.44 bits per heavy atom. The highest BCUT2D eigenvalue weighted by Gasteiger charge is 2.48. The molecule has 16 heavy (non-hydrogen) atoms. The Balaban J connectivity index is 2.56. The lowest BCUT2D eigenvalue weighted by Gasteiger charge is -2.26. The molecule has 0 bridgehead atoms. The van der Waals surface area contributed by atoms with E-state index in [1.807, 2.05) is 13.8 Å². The number of hydrogen-bond acceptors (Lipinski definition) is 3. The van der Waals surface area contributed by atoms with Gasteiger partial charge in [-0.15, -0.1) is 0 Å². The van der Waals surface area contributed by atoms with Crippen molar-refractivity contribution >= 4 is 17.5 Å². The molecule has 1 aliphatic heterocycles. The van der Waals surface area contributed by atoms with Crippen LogP contribution in [0.4, 0.5) is 0 Å². The van der Waals surface area contributed by atoms with Crippen LogP contribution in [-0.2, 0) is 9.53 Å². The van der Waals surface area contributed by atoms with Crippen LogP contribution in [0.5, 0.6) is 0 Å². The molecular formula is C13H24O2S. The van der Waals surface area contributed by atoms with Gasteiger partial charge < -0.3 is 4.74 Å². The highest BCUT2D eigenvalue weighted by Crippen LogP contribution is 2.42. The third kappa shape index (κ3) is 3.49. The fourth-order valence-corrected chi connectivity index (χ4v) is 3.32. The molecule has 1 fully saturated rings. The summed E-state index contributed by atoms with van der Waals surface area (Å²) in [7, 11) is 0. The van der Waals surface area contributed by atoms with Gasteiger partial charge in [-0.3, -0.25) is 4.79 Å². The van der Waals surface area contributed by atoms with E-state index in [2.05, 4.69) is 20.8 Å². The second-order valence-corrected chi connectivity index (χ2v) is 6.85. The summed E-state index contributed by atoms with van der Waals surface area (Å²) in [6.45, 7) is 10.4. The normalized spacial score (nSPS) is 26.9. The summed E-state index contributed by atoms with van der Waals surface area (Å²) in [5.41, 5.74) is -0.452. The number of carbonyl (C=O) groups excluding carboxylic acids is 1. The van der Waals surface area contributed by atoms with Crippen molar-refractivity contribution in [3.63, 3.8) is 0 Å². The van der Waals surface area contributed by atoms with Crippen LogP contribution in [0.1, 0.15) is 47.5 Å². The van der Waals surface area contributed by atoms with Gasteiger partial charge >= 0.3 is 0 Å². The molecule has 1 aliphatic rings. The average Bonchev–Trinajstić information content (AvgIpc) is 2.34. The Hall–Kier alpha value is -0.0200. The number of carbonyl (C=O) groups is 1. The van der Waals surface area contributed by atoms with E-state index in [-0.39, 0.29) is 17.1 Å². The number of hydrogen-bond donors (Lipinski definition) is 0. The minimum absolute atomic E-state index is 0.0619. The zero-order valence-electron chi connectivity index (χ0n) is 11.1. The number of thioether (sulfide) groups is 1. The Morgan fingerprint density at radius 2 is 2.00 bits per heavy atom. The summed E-state index contributed by atoms with van der Waals surface area (Å²) >= 11 is 1.74. The molecule has 0 aromatic heterocycles. The number of rotatable bonds is 5. The van der Waals surface area contributed by atoms with Gasteiger partial charge in [-0.25, -0.2) is 0 Å². The van der Waals surface area contributed by atoms with E-state index in [9.17, 15) is 4.79 Å². The molecule has 2 nitrogen and oxygen atoms in total. The minimum Gasteiger partial charge on any atom is -0.369 e. The average molecular weight is 244 g/mol. The molecule has 0 spiro atoms. The fraction of sp³-hybridized carbons (Fsp3) is 0.923. The van der Waals surface area contributed by atoms with E-state index >= 15 is 0 Å². The zero-order chi connectivity index (χ0) is 12.4. The van der Waals surface area contributed by atoms with Crippen LogP contribution in [0.25, 0.3) is 0 Å². The molecule has 0 saturated carbocycles. The topological polar surface area (TPSA) is 26.3 Å². The van der Waals surface area contributed by atoms with Gasteiger partial charge in [0.2, 0.25) is 0 Å². The summed E-state index contributed by atoms with van der Waals surface area (Å²) < 4.78 is 5.95. The van der Waals surface area contributed by atoms with Crippen molar-refractivity contribution in [2.45, 2.75) is 58.7 Å². The number of Topliss-reactive ketones (excluding diaryl/α,β-unsaturated/α-hetero) is 1. The molecule has 0 N–H and O–H groups in total. The molecule has 1 unspecified atom stereocenters. The molecule has 0 radical (unpaired) electrons. The summed E-state index contributed by atoms with van der Waals surface area (Å²) in [6.07, 6.45) is 1.99. The van der Waals surface area contributed by atoms with E-state index < -0.39 is 0 Å². The molecule has 0 aromatic rings. The molecule has 0 aliphatic carbocycles. The van der Waals surface area contributed by atoms with E-state index in [4.69, 9.17) is 4.74 Å². The fourth-order valence-electron chi connectivity index (χ4n) is 2.48. The number of ether oxygens (including phenoxy) is 1. The van der Waals surface area contributed by atoms with Crippen molar-refractivity contribution in [1.82, 2.24) is 0 Å². The lowest BCUT2D eigenvalue weighted by atomic mass is 9.84. The van der Waals surface area contributed by atoms with Gasteiger partial charge in [0.25, 0.3) is 0 Å². The van der Waals surface area contributed by atoms with Gasteiger partial charge in [-0.05, 0) is 46.3 Å². The first kappa shape index (κ1) is 14.0. The first-order valence-corrected chi connectivity index (χ1v) is 7.24. The van der Waals surface area contributed by atoms with Crippen molar-refractivity contribution in [1.29, 1.82) is 0 Å². The monoisotopic (exact) mass is 244 g/mol. The predicted octanol–water partition coefficient (Wildman–Crippen LogP) is 3.29. The molecule has 0 aromatic carbocycles. The molecule has 1 atom stereocenters. The molecule has 3 heteroatoms. The molecule has 1 saturated heterocycles. The molecule has 94 valence electrons. The van der Waals surface area contributed by atoms with E-state index in [0.29, 0.717) is 11.5 Å². The van der Waals surface area contributed by atoms with Crippen LogP contribution in [0, 0.1) is 5.92 Å². The van der Waals surface area contributed by atoms with Crippen LogP contribution >= 0.6 is 11.8 Å². The first-order chi connectivity index (χ1) is 7.28. The van der Waals surface area contributed by atoms with Crippen LogP contribution < -0.4 is 0 Å². The van der Waals surface area contributed by atoms with Crippen molar-refractivity contribution in [2.75, 3.05) is 11.5 Å². The second kappa shape index (κ2) is 5.09. The Morgan fingerprint density at radius 1 is 1.38 bits per heavy atom. The minimum atomic E-state index is -0.298. The van der Waals surface area contributed by atoms with Crippen LogP contribution in [0.2, 0.25) is 0 Å².